The minimum absolute atomic E-state index is 0.0452. The summed E-state index contributed by atoms with van der Waals surface area (Å²) in [6.07, 6.45) is 6.22. The first-order chi connectivity index (χ1) is 12.2. The van der Waals surface area contributed by atoms with Crippen molar-refractivity contribution in [1.82, 2.24) is 29.3 Å². The molecule has 8 nitrogen and oxygen atoms in total. The van der Waals surface area contributed by atoms with Crippen LogP contribution in [-0.2, 0) is 6.42 Å². The van der Waals surface area contributed by atoms with E-state index in [0.717, 1.165) is 11.5 Å². The van der Waals surface area contributed by atoms with Gasteiger partial charge < -0.3 is 5.32 Å². The van der Waals surface area contributed by atoms with Crippen molar-refractivity contribution in [2.24, 2.45) is 0 Å². The fourth-order valence-electron chi connectivity index (χ4n) is 2.59. The summed E-state index contributed by atoms with van der Waals surface area (Å²) in [4.78, 5) is 29.1. The summed E-state index contributed by atoms with van der Waals surface area (Å²) in [7, 11) is 0. The quantitative estimate of drug-likeness (QED) is 0.543. The predicted molar refractivity (Wildman–Crippen MR) is 93.0 cm³/mol. The van der Waals surface area contributed by atoms with Crippen molar-refractivity contribution in [3.8, 4) is 0 Å². The molecule has 0 bridgehead atoms. The number of fused-ring (bicyclic) bond motifs is 2. The first-order valence-corrected chi connectivity index (χ1v) is 8.64. The Morgan fingerprint density at radius 3 is 3.04 bits per heavy atom. The molecule has 4 aromatic heterocycles. The van der Waals surface area contributed by atoms with Gasteiger partial charge in [0.15, 0.2) is 10.6 Å². The molecule has 0 saturated carbocycles. The van der Waals surface area contributed by atoms with Crippen molar-refractivity contribution in [3.63, 3.8) is 0 Å². The minimum Gasteiger partial charge on any atom is -0.352 e. The summed E-state index contributed by atoms with van der Waals surface area (Å²) in [5.41, 5.74) is 0.487. The van der Waals surface area contributed by atoms with Crippen LogP contribution in [0.1, 0.15) is 22.6 Å². The fraction of sp³-hybridized carbons (Fsp3) is 0.188. The van der Waals surface area contributed by atoms with Crippen LogP contribution >= 0.6 is 11.3 Å². The van der Waals surface area contributed by atoms with Gasteiger partial charge in [0.25, 0.3) is 11.5 Å². The van der Waals surface area contributed by atoms with Gasteiger partial charge in [0.05, 0.1) is 0 Å². The molecule has 0 spiro atoms. The number of rotatable bonds is 5. The topological polar surface area (TPSA) is 93.7 Å². The van der Waals surface area contributed by atoms with Crippen LogP contribution < -0.4 is 10.9 Å². The van der Waals surface area contributed by atoms with E-state index >= 15 is 0 Å². The fourth-order valence-corrected chi connectivity index (χ4v) is 3.26. The molecule has 4 aromatic rings. The molecule has 0 aromatic carbocycles. The Morgan fingerprint density at radius 1 is 1.20 bits per heavy atom. The molecule has 0 aliphatic heterocycles. The summed E-state index contributed by atoms with van der Waals surface area (Å²) in [6, 6.07) is 5.72. The van der Waals surface area contributed by atoms with E-state index in [0.29, 0.717) is 24.3 Å². The highest BCUT2D eigenvalue weighted by atomic mass is 32.1. The number of hydrogen-bond donors (Lipinski definition) is 1. The van der Waals surface area contributed by atoms with Gasteiger partial charge >= 0.3 is 0 Å². The lowest BCUT2D eigenvalue weighted by atomic mass is 10.2. The number of aryl methyl sites for hydroxylation is 1. The summed E-state index contributed by atoms with van der Waals surface area (Å²) in [5, 5.41) is 12.8. The number of carbonyl (C=O) groups excluding carboxylic acids is 1. The molecule has 1 N–H and O–H groups in total. The molecule has 4 heterocycles. The van der Waals surface area contributed by atoms with Gasteiger partial charge in [-0.3, -0.25) is 18.4 Å². The highest BCUT2D eigenvalue weighted by Gasteiger charge is 2.13. The van der Waals surface area contributed by atoms with Crippen LogP contribution in [0.25, 0.3) is 10.6 Å². The second-order valence-electron chi connectivity index (χ2n) is 5.44. The molecule has 4 rings (SSSR count). The molecule has 25 heavy (non-hydrogen) atoms. The summed E-state index contributed by atoms with van der Waals surface area (Å²) in [6.45, 7) is 0.437. The molecular weight excluding hydrogens is 340 g/mol. The van der Waals surface area contributed by atoms with Crippen LogP contribution in [0.2, 0.25) is 0 Å². The number of amides is 1. The van der Waals surface area contributed by atoms with E-state index < -0.39 is 5.91 Å². The van der Waals surface area contributed by atoms with Gasteiger partial charge in [-0.2, -0.15) is 0 Å². The van der Waals surface area contributed by atoms with Gasteiger partial charge in [0.2, 0.25) is 0 Å². The molecule has 0 radical (unpaired) electrons. The number of hydrogen-bond acceptors (Lipinski definition) is 6. The van der Waals surface area contributed by atoms with Crippen molar-refractivity contribution in [3.05, 3.63) is 63.9 Å². The molecule has 0 fully saturated rings. The molecule has 1 amide bonds. The summed E-state index contributed by atoms with van der Waals surface area (Å²) >= 11 is 1.35. The van der Waals surface area contributed by atoms with E-state index in [4.69, 9.17) is 0 Å². The highest BCUT2D eigenvalue weighted by Crippen LogP contribution is 2.06. The van der Waals surface area contributed by atoms with Crippen molar-refractivity contribution in [2.75, 3.05) is 6.54 Å². The van der Waals surface area contributed by atoms with Crippen molar-refractivity contribution < 1.29 is 4.79 Å². The Bertz CT molecular complexity index is 1110. The smallest absolute Gasteiger partial charge is 0.271 e. The average Bonchev–Trinajstić information content (AvgIpc) is 3.26. The van der Waals surface area contributed by atoms with Crippen LogP contribution in [-0.4, -0.2) is 36.4 Å². The molecule has 0 saturated heterocycles. The second kappa shape index (κ2) is 6.44. The van der Waals surface area contributed by atoms with Crippen LogP contribution in [0.3, 0.4) is 0 Å². The Kier molecular flexibility index (Phi) is 3.98. The zero-order chi connectivity index (χ0) is 17.2. The molecule has 0 aliphatic carbocycles. The third kappa shape index (κ3) is 2.89. The lowest BCUT2D eigenvalue weighted by Gasteiger charge is -2.04. The molecule has 9 heteroatoms. The van der Waals surface area contributed by atoms with E-state index in [1.165, 1.54) is 21.9 Å². The van der Waals surface area contributed by atoms with E-state index in [2.05, 4.69) is 20.5 Å². The van der Waals surface area contributed by atoms with Gasteiger partial charge in [0, 0.05) is 36.9 Å². The largest absolute Gasteiger partial charge is 0.352 e. The second-order valence-corrected chi connectivity index (χ2v) is 6.31. The third-order valence-electron chi connectivity index (χ3n) is 3.83. The van der Waals surface area contributed by atoms with Crippen LogP contribution in [0, 0.1) is 0 Å². The summed E-state index contributed by atoms with van der Waals surface area (Å²) in [5.74, 6) is 0.426. The van der Waals surface area contributed by atoms with Gasteiger partial charge in [-0.1, -0.05) is 6.07 Å². The number of carbonyl (C=O) groups is 1. The van der Waals surface area contributed by atoms with Crippen molar-refractivity contribution in [1.29, 1.82) is 0 Å². The van der Waals surface area contributed by atoms with Crippen LogP contribution in [0.15, 0.2) is 47.0 Å². The Labute approximate surface area is 145 Å². The molecule has 0 unspecified atom stereocenters. The van der Waals surface area contributed by atoms with Gasteiger partial charge in [-0.25, -0.2) is 4.98 Å². The van der Waals surface area contributed by atoms with E-state index in [1.807, 2.05) is 28.8 Å². The molecular formula is C16H14N6O2S. The monoisotopic (exact) mass is 354 g/mol. The van der Waals surface area contributed by atoms with Crippen molar-refractivity contribution >= 4 is 27.9 Å². The SMILES string of the molecule is O=C(NCCCc1nnc2ccccn12)c1cnc2sccn2c1=O. The number of pyridine rings is 1. The molecule has 0 atom stereocenters. The zero-order valence-electron chi connectivity index (χ0n) is 13.1. The standard InChI is InChI=1S/C16H14N6O2S/c23-14(11-10-18-16-22(15(11)24)8-9-25-16)17-6-3-5-13-20-19-12-4-1-2-7-21(12)13/h1-2,4,7-10H,3,5-6H2,(H,17,23). The predicted octanol–water partition coefficient (Wildman–Crippen LogP) is 1.16. The van der Waals surface area contributed by atoms with E-state index in [1.54, 1.807) is 11.6 Å². The number of thiazole rings is 1. The van der Waals surface area contributed by atoms with Crippen molar-refractivity contribution in [2.45, 2.75) is 12.8 Å². The Morgan fingerprint density at radius 2 is 2.12 bits per heavy atom. The lowest BCUT2D eigenvalue weighted by Crippen LogP contribution is -2.31. The minimum atomic E-state index is -0.413. The van der Waals surface area contributed by atoms with E-state index in [-0.39, 0.29) is 11.1 Å². The molecule has 0 aliphatic rings. The number of aromatic nitrogens is 5. The normalized spacial score (nSPS) is 11.2. The first-order valence-electron chi connectivity index (χ1n) is 7.76. The lowest BCUT2D eigenvalue weighted by molar-refractivity contribution is 0.0951. The van der Waals surface area contributed by atoms with E-state index in [9.17, 15) is 9.59 Å². The number of nitrogens with one attached hydrogen (secondary N) is 1. The zero-order valence-corrected chi connectivity index (χ0v) is 13.9. The third-order valence-corrected chi connectivity index (χ3v) is 4.61. The van der Waals surface area contributed by atoms with Gasteiger partial charge in [0.1, 0.15) is 11.4 Å². The van der Waals surface area contributed by atoms with Crippen LogP contribution in [0.4, 0.5) is 0 Å². The number of nitrogens with zero attached hydrogens (tertiary/aromatic N) is 5. The Hall–Kier alpha value is -3.07. The maximum Gasteiger partial charge on any atom is 0.271 e. The maximum atomic E-state index is 12.2. The first kappa shape index (κ1) is 15.5. The van der Waals surface area contributed by atoms with Gasteiger partial charge in [-0.15, -0.1) is 21.5 Å². The summed E-state index contributed by atoms with van der Waals surface area (Å²) < 4.78 is 3.30. The Balaban J connectivity index is 1.38. The maximum absolute atomic E-state index is 12.2. The van der Waals surface area contributed by atoms with Gasteiger partial charge in [-0.05, 0) is 18.6 Å². The van der Waals surface area contributed by atoms with Crippen LogP contribution in [0.5, 0.6) is 0 Å². The highest BCUT2D eigenvalue weighted by molar-refractivity contribution is 7.15. The average molecular weight is 354 g/mol. The molecule has 126 valence electrons.